The second kappa shape index (κ2) is 5.52. The van der Waals surface area contributed by atoms with Crippen LogP contribution in [0, 0.1) is 0 Å². The molecule has 1 aromatic carbocycles. The molecule has 0 spiro atoms. The molecule has 0 saturated carbocycles. The van der Waals surface area contributed by atoms with Crippen LogP contribution >= 0.6 is 0 Å². The van der Waals surface area contributed by atoms with Gasteiger partial charge in [-0.15, -0.1) is 0 Å². The predicted octanol–water partition coefficient (Wildman–Crippen LogP) is 2.31. The van der Waals surface area contributed by atoms with Gasteiger partial charge in [-0.3, -0.25) is 0 Å². The van der Waals surface area contributed by atoms with E-state index in [1.807, 2.05) is 0 Å². The SMILES string of the molecule is CCc1ccc(OC)c(C2COCC(C)N2)c1. The first-order valence-corrected chi connectivity index (χ1v) is 6.25. The summed E-state index contributed by atoms with van der Waals surface area (Å²) in [5, 5.41) is 3.55. The van der Waals surface area contributed by atoms with Gasteiger partial charge in [-0.25, -0.2) is 0 Å². The maximum atomic E-state index is 5.60. The number of ether oxygens (including phenoxy) is 2. The van der Waals surface area contributed by atoms with Crippen molar-refractivity contribution in [2.75, 3.05) is 20.3 Å². The molecule has 0 aliphatic carbocycles. The molecule has 17 heavy (non-hydrogen) atoms. The highest BCUT2D eigenvalue weighted by atomic mass is 16.5. The minimum atomic E-state index is 0.236. The van der Waals surface area contributed by atoms with Crippen molar-refractivity contribution in [2.24, 2.45) is 0 Å². The minimum absolute atomic E-state index is 0.236. The van der Waals surface area contributed by atoms with Gasteiger partial charge in [0.25, 0.3) is 0 Å². The van der Waals surface area contributed by atoms with Gasteiger partial charge in [0, 0.05) is 11.6 Å². The van der Waals surface area contributed by atoms with Crippen molar-refractivity contribution in [3.05, 3.63) is 29.3 Å². The van der Waals surface area contributed by atoms with Crippen LogP contribution in [0.3, 0.4) is 0 Å². The summed E-state index contributed by atoms with van der Waals surface area (Å²) in [6, 6.07) is 7.02. The molecule has 0 aromatic heterocycles. The molecule has 0 amide bonds. The van der Waals surface area contributed by atoms with E-state index in [1.165, 1.54) is 11.1 Å². The molecule has 0 radical (unpaired) electrons. The first kappa shape index (κ1) is 12.4. The molecule has 1 N–H and O–H groups in total. The predicted molar refractivity (Wildman–Crippen MR) is 68.5 cm³/mol. The first-order valence-electron chi connectivity index (χ1n) is 6.25. The summed E-state index contributed by atoms with van der Waals surface area (Å²) in [4.78, 5) is 0. The summed E-state index contributed by atoms with van der Waals surface area (Å²) in [7, 11) is 1.72. The Morgan fingerprint density at radius 2 is 2.24 bits per heavy atom. The largest absolute Gasteiger partial charge is 0.496 e. The van der Waals surface area contributed by atoms with Gasteiger partial charge in [0.2, 0.25) is 0 Å². The molecule has 1 heterocycles. The average Bonchev–Trinajstić information content (AvgIpc) is 2.38. The standard InChI is InChI=1S/C14H21NO2/c1-4-11-5-6-14(16-3)12(7-11)13-9-17-8-10(2)15-13/h5-7,10,13,15H,4,8-9H2,1-3H3. The highest BCUT2D eigenvalue weighted by Crippen LogP contribution is 2.28. The molecule has 2 atom stereocenters. The Bertz CT molecular complexity index is 378. The van der Waals surface area contributed by atoms with Crippen molar-refractivity contribution >= 4 is 0 Å². The Kier molecular flexibility index (Phi) is 4.02. The van der Waals surface area contributed by atoms with Crippen LogP contribution in [-0.4, -0.2) is 26.4 Å². The van der Waals surface area contributed by atoms with Gasteiger partial charge in [0.15, 0.2) is 0 Å². The Morgan fingerprint density at radius 3 is 2.88 bits per heavy atom. The average molecular weight is 235 g/mol. The summed E-state index contributed by atoms with van der Waals surface area (Å²) in [6.45, 7) is 5.81. The van der Waals surface area contributed by atoms with Gasteiger partial charge in [-0.05, 0) is 25.0 Å². The van der Waals surface area contributed by atoms with Crippen molar-refractivity contribution in [3.63, 3.8) is 0 Å². The molecule has 3 nitrogen and oxygen atoms in total. The lowest BCUT2D eigenvalue weighted by Crippen LogP contribution is -2.41. The molecule has 1 aromatic rings. The fourth-order valence-corrected chi connectivity index (χ4v) is 2.26. The van der Waals surface area contributed by atoms with Gasteiger partial charge < -0.3 is 14.8 Å². The summed E-state index contributed by atoms with van der Waals surface area (Å²) in [6.07, 6.45) is 1.04. The van der Waals surface area contributed by atoms with Crippen LogP contribution < -0.4 is 10.1 Å². The number of nitrogens with one attached hydrogen (secondary N) is 1. The number of rotatable bonds is 3. The minimum Gasteiger partial charge on any atom is -0.496 e. The van der Waals surface area contributed by atoms with E-state index in [0.29, 0.717) is 12.6 Å². The number of hydrogen-bond acceptors (Lipinski definition) is 3. The van der Waals surface area contributed by atoms with Crippen molar-refractivity contribution < 1.29 is 9.47 Å². The van der Waals surface area contributed by atoms with Crippen molar-refractivity contribution in [1.82, 2.24) is 5.32 Å². The summed E-state index contributed by atoms with van der Waals surface area (Å²) < 4.78 is 11.0. The number of aryl methyl sites for hydroxylation is 1. The summed E-state index contributed by atoms with van der Waals surface area (Å²) in [5.41, 5.74) is 2.54. The maximum Gasteiger partial charge on any atom is 0.123 e. The van der Waals surface area contributed by atoms with Crippen LogP contribution in [0.15, 0.2) is 18.2 Å². The Labute approximate surface area is 103 Å². The van der Waals surface area contributed by atoms with E-state index in [2.05, 4.69) is 37.4 Å². The van der Waals surface area contributed by atoms with E-state index in [9.17, 15) is 0 Å². The topological polar surface area (TPSA) is 30.5 Å². The molecule has 2 unspecified atom stereocenters. The number of methoxy groups -OCH3 is 1. The Hall–Kier alpha value is -1.06. The van der Waals surface area contributed by atoms with Crippen LogP contribution in [0.25, 0.3) is 0 Å². The molecule has 0 bridgehead atoms. The van der Waals surface area contributed by atoms with Crippen LogP contribution in [0.2, 0.25) is 0 Å². The molecule has 2 rings (SSSR count). The number of morpholine rings is 1. The number of hydrogen-bond donors (Lipinski definition) is 1. The van der Waals surface area contributed by atoms with E-state index in [-0.39, 0.29) is 6.04 Å². The highest BCUT2D eigenvalue weighted by Gasteiger charge is 2.22. The fraction of sp³-hybridized carbons (Fsp3) is 0.571. The van der Waals surface area contributed by atoms with E-state index in [4.69, 9.17) is 9.47 Å². The lowest BCUT2D eigenvalue weighted by atomic mass is 10.0. The van der Waals surface area contributed by atoms with E-state index in [0.717, 1.165) is 18.8 Å². The lowest BCUT2D eigenvalue weighted by molar-refractivity contribution is 0.0496. The van der Waals surface area contributed by atoms with E-state index >= 15 is 0 Å². The van der Waals surface area contributed by atoms with Gasteiger partial charge in [-0.1, -0.05) is 19.1 Å². The van der Waals surface area contributed by atoms with Gasteiger partial charge >= 0.3 is 0 Å². The van der Waals surface area contributed by atoms with Crippen LogP contribution in [0.4, 0.5) is 0 Å². The van der Waals surface area contributed by atoms with E-state index < -0.39 is 0 Å². The van der Waals surface area contributed by atoms with Crippen molar-refractivity contribution in [2.45, 2.75) is 32.4 Å². The Balaban J connectivity index is 2.27. The number of benzene rings is 1. The molecular weight excluding hydrogens is 214 g/mol. The quantitative estimate of drug-likeness (QED) is 0.872. The zero-order valence-corrected chi connectivity index (χ0v) is 10.8. The van der Waals surface area contributed by atoms with E-state index in [1.54, 1.807) is 7.11 Å². The molecule has 94 valence electrons. The third-order valence-corrected chi connectivity index (χ3v) is 3.22. The van der Waals surface area contributed by atoms with Gasteiger partial charge in [0.05, 0.1) is 26.4 Å². The normalized spacial score (nSPS) is 24.6. The van der Waals surface area contributed by atoms with Crippen LogP contribution in [0.1, 0.15) is 31.0 Å². The second-order valence-electron chi connectivity index (χ2n) is 4.59. The molecule has 1 fully saturated rings. The summed E-state index contributed by atoms with van der Waals surface area (Å²) in [5.74, 6) is 0.942. The van der Waals surface area contributed by atoms with Gasteiger partial charge in [0.1, 0.15) is 5.75 Å². The van der Waals surface area contributed by atoms with Crippen molar-refractivity contribution in [1.29, 1.82) is 0 Å². The zero-order valence-electron chi connectivity index (χ0n) is 10.8. The summed E-state index contributed by atoms with van der Waals surface area (Å²) >= 11 is 0. The molecule has 1 saturated heterocycles. The molecule has 1 aliphatic rings. The smallest absolute Gasteiger partial charge is 0.123 e. The third-order valence-electron chi connectivity index (χ3n) is 3.22. The lowest BCUT2D eigenvalue weighted by Gasteiger charge is -2.30. The Morgan fingerprint density at radius 1 is 1.41 bits per heavy atom. The van der Waals surface area contributed by atoms with Crippen LogP contribution in [0.5, 0.6) is 5.75 Å². The zero-order chi connectivity index (χ0) is 12.3. The maximum absolute atomic E-state index is 5.60. The first-order chi connectivity index (χ1) is 8.24. The monoisotopic (exact) mass is 235 g/mol. The molecule has 1 aliphatic heterocycles. The fourth-order valence-electron chi connectivity index (χ4n) is 2.26. The molecular formula is C14H21NO2. The second-order valence-corrected chi connectivity index (χ2v) is 4.59. The highest BCUT2D eigenvalue weighted by molar-refractivity contribution is 5.40. The third kappa shape index (κ3) is 2.79. The van der Waals surface area contributed by atoms with Crippen molar-refractivity contribution in [3.8, 4) is 5.75 Å². The van der Waals surface area contributed by atoms with Gasteiger partial charge in [-0.2, -0.15) is 0 Å². The molecule has 3 heteroatoms. The van der Waals surface area contributed by atoms with Crippen LogP contribution in [-0.2, 0) is 11.2 Å².